The van der Waals surface area contributed by atoms with Crippen LogP contribution in [0.4, 0.5) is 0 Å². The monoisotopic (exact) mass is 410 g/mol. The number of carbonyl (C=O) groups is 1. The van der Waals surface area contributed by atoms with Crippen molar-refractivity contribution < 1.29 is 9.53 Å². The molecule has 0 radical (unpaired) electrons. The Morgan fingerprint density at radius 3 is 2.27 bits per heavy atom. The average Bonchev–Trinajstić information content (AvgIpc) is 2.79. The molecule has 1 amide bonds. The molecule has 30 heavy (non-hydrogen) atoms. The summed E-state index contributed by atoms with van der Waals surface area (Å²) in [7, 11) is 1.79. The van der Waals surface area contributed by atoms with Crippen molar-refractivity contribution in [2.24, 2.45) is 10.7 Å². The molecule has 2 aromatic carbocycles. The molecule has 0 spiro atoms. The normalized spacial score (nSPS) is 11.8. The Morgan fingerprint density at radius 1 is 1.03 bits per heavy atom. The molecule has 0 heterocycles. The number of ether oxygens (including phenoxy) is 1. The summed E-state index contributed by atoms with van der Waals surface area (Å²) in [6.45, 7) is 5.96. The third kappa shape index (κ3) is 6.79. The number of carbonyl (C=O) groups excluding carboxylic acids is 1. The summed E-state index contributed by atoms with van der Waals surface area (Å²) in [6, 6.07) is 18.4. The van der Waals surface area contributed by atoms with E-state index in [-0.39, 0.29) is 12.0 Å². The van der Waals surface area contributed by atoms with Gasteiger partial charge in [-0.25, -0.2) is 0 Å². The van der Waals surface area contributed by atoms with Gasteiger partial charge < -0.3 is 21.1 Å². The van der Waals surface area contributed by atoms with Crippen LogP contribution in [0, 0.1) is 0 Å². The highest BCUT2D eigenvalue weighted by Gasteiger charge is 2.28. The predicted octanol–water partition coefficient (Wildman–Crippen LogP) is 3.02. The summed E-state index contributed by atoms with van der Waals surface area (Å²) < 4.78 is 5.28. The predicted molar refractivity (Wildman–Crippen MR) is 123 cm³/mol. The third-order valence-electron chi connectivity index (χ3n) is 5.57. The number of hydrogen-bond donors (Lipinski definition) is 3. The van der Waals surface area contributed by atoms with Gasteiger partial charge >= 0.3 is 0 Å². The van der Waals surface area contributed by atoms with Crippen molar-refractivity contribution in [3.8, 4) is 5.75 Å². The molecular weight excluding hydrogens is 376 g/mol. The van der Waals surface area contributed by atoms with Crippen LogP contribution in [0.1, 0.15) is 37.8 Å². The van der Waals surface area contributed by atoms with Crippen molar-refractivity contribution in [1.82, 2.24) is 10.6 Å². The van der Waals surface area contributed by atoms with Crippen LogP contribution in [0.3, 0.4) is 0 Å². The average molecular weight is 411 g/mol. The second-order valence-electron chi connectivity index (χ2n) is 7.35. The molecule has 0 atom stereocenters. The van der Waals surface area contributed by atoms with Gasteiger partial charge in [0, 0.05) is 25.6 Å². The number of nitrogens with two attached hydrogens (primary N) is 1. The van der Waals surface area contributed by atoms with Crippen LogP contribution in [0.25, 0.3) is 0 Å². The lowest BCUT2D eigenvalue weighted by molar-refractivity contribution is -0.119. The second kappa shape index (κ2) is 11.9. The molecule has 0 unspecified atom stereocenters. The van der Waals surface area contributed by atoms with Crippen LogP contribution >= 0.6 is 0 Å². The van der Waals surface area contributed by atoms with E-state index in [9.17, 15) is 4.79 Å². The van der Waals surface area contributed by atoms with E-state index < -0.39 is 5.91 Å². The van der Waals surface area contributed by atoms with Crippen molar-refractivity contribution in [3.05, 3.63) is 65.7 Å². The number of guanidine groups is 1. The fourth-order valence-electron chi connectivity index (χ4n) is 3.51. The maximum atomic E-state index is 10.8. The molecule has 6 heteroatoms. The fraction of sp³-hybridized carbons (Fsp3) is 0.417. The van der Waals surface area contributed by atoms with Crippen molar-refractivity contribution in [2.45, 2.75) is 38.5 Å². The second-order valence-corrected chi connectivity index (χ2v) is 7.35. The van der Waals surface area contributed by atoms with E-state index in [1.54, 1.807) is 7.05 Å². The Morgan fingerprint density at radius 2 is 1.70 bits per heavy atom. The molecule has 162 valence electrons. The first-order valence-corrected chi connectivity index (χ1v) is 10.5. The largest absolute Gasteiger partial charge is 0.484 e. The molecule has 0 fully saturated rings. The van der Waals surface area contributed by atoms with E-state index in [4.69, 9.17) is 10.5 Å². The zero-order valence-corrected chi connectivity index (χ0v) is 18.3. The van der Waals surface area contributed by atoms with Gasteiger partial charge in [0.05, 0.1) is 0 Å². The minimum absolute atomic E-state index is 0.0830. The molecule has 2 rings (SSSR count). The van der Waals surface area contributed by atoms with Crippen molar-refractivity contribution in [2.75, 3.05) is 26.7 Å². The summed E-state index contributed by atoms with van der Waals surface area (Å²) in [4.78, 5) is 15.1. The first-order chi connectivity index (χ1) is 14.5. The van der Waals surface area contributed by atoms with E-state index in [0.29, 0.717) is 5.75 Å². The highest BCUT2D eigenvalue weighted by atomic mass is 16.5. The Hall–Kier alpha value is -3.02. The highest BCUT2D eigenvalue weighted by Crippen LogP contribution is 2.30. The van der Waals surface area contributed by atoms with Gasteiger partial charge in [0.1, 0.15) is 5.75 Å². The van der Waals surface area contributed by atoms with Gasteiger partial charge in [-0.2, -0.15) is 0 Å². The van der Waals surface area contributed by atoms with Gasteiger partial charge in [0.25, 0.3) is 5.91 Å². The maximum Gasteiger partial charge on any atom is 0.255 e. The molecule has 0 aliphatic heterocycles. The van der Waals surface area contributed by atoms with E-state index >= 15 is 0 Å². The number of amides is 1. The minimum Gasteiger partial charge on any atom is -0.484 e. The Balaban J connectivity index is 1.85. The lowest BCUT2D eigenvalue weighted by Crippen LogP contribution is -2.45. The van der Waals surface area contributed by atoms with Crippen molar-refractivity contribution in [3.63, 3.8) is 0 Å². The maximum absolute atomic E-state index is 10.8. The van der Waals surface area contributed by atoms with Crippen LogP contribution in [0.15, 0.2) is 59.6 Å². The zero-order valence-electron chi connectivity index (χ0n) is 18.3. The number of aliphatic imine (C=N–C) groups is 1. The molecule has 0 aliphatic rings. The van der Waals surface area contributed by atoms with Crippen LogP contribution in [0.2, 0.25) is 0 Å². The van der Waals surface area contributed by atoms with Crippen LogP contribution < -0.4 is 21.1 Å². The van der Waals surface area contributed by atoms with E-state index in [2.05, 4.69) is 59.8 Å². The van der Waals surface area contributed by atoms with E-state index in [1.165, 1.54) is 11.1 Å². The Kier molecular flexibility index (Phi) is 9.19. The lowest BCUT2D eigenvalue weighted by Gasteiger charge is -2.33. The molecule has 2 aromatic rings. The SMILES string of the molecule is CCC(CC)(CNC(=NC)NCCc1ccc(OCC(N)=O)cc1)c1ccccc1. The van der Waals surface area contributed by atoms with Gasteiger partial charge in [-0.05, 0) is 42.5 Å². The van der Waals surface area contributed by atoms with Crippen LogP contribution in [0.5, 0.6) is 5.75 Å². The molecule has 0 saturated carbocycles. The number of nitrogens with one attached hydrogen (secondary N) is 2. The van der Waals surface area contributed by atoms with Gasteiger partial charge in [0.15, 0.2) is 12.6 Å². The van der Waals surface area contributed by atoms with Crippen molar-refractivity contribution >= 4 is 11.9 Å². The lowest BCUT2D eigenvalue weighted by atomic mass is 9.76. The van der Waals surface area contributed by atoms with Gasteiger partial charge in [-0.1, -0.05) is 56.3 Å². The third-order valence-corrected chi connectivity index (χ3v) is 5.57. The molecule has 4 N–H and O–H groups in total. The zero-order chi connectivity index (χ0) is 21.8. The summed E-state index contributed by atoms with van der Waals surface area (Å²) >= 11 is 0. The molecule has 0 bridgehead atoms. The fourth-order valence-corrected chi connectivity index (χ4v) is 3.51. The van der Waals surface area contributed by atoms with Gasteiger partial charge in [-0.3, -0.25) is 9.79 Å². The molecule has 0 aromatic heterocycles. The summed E-state index contributed by atoms with van der Waals surface area (Å²) in [6.07, 6.45) is 2.96. The summed E-state index contributed by atoms with van der Waals surface area (Å²) in [5.74, 6) is 0.961. The van der Waals surface area contributed by atoms with Gasteiger partial charge in [-0.15, -0.1) is 0 Å². The first-order valence-electron chi connectivity index (χ1n) is 10.5. The molecule has 0 aliphatic carbocycles. The number of primary amides is 1. The topological polar surface area (TPSA) is 88.7 Å². The highest BCUT2D eigenvalue weighted by molar-refractivity contribution is 5.79. The molecular formula is C24H34N4O2. The molecule has 0 saturated heterocycles. The summed E-state index contributed by atoms with van der Waals surface area (Å²) in [5.41, 5.74) is 7.70. The van der Waals surface area contributed by atoms with Gasteiger partial charge in [0.2, 0.25) is 0 Å². The number of hydrogen-bond acceptors (Lipinski definition) is 3. The van der Waals surface area contributed by atoms with E-state index in [0.717, 1.165) is 38.3 Å². The quantitative estimate of drug-likeness (QED) is 0.392. The van der Waals surface area contributed by atoms with E-state index in [1.807, 2.05) is 24.3 Å². The standard InChI is InChI=1S/C24H34N4O2/c1-4-24(5-2,20-9-7-6-8-10-20)18-28-23(26-3)27-16-15-19-11-13-21(14-12-19)30-17-22(25)29/h6-14H,4-5,15-18H2,1-3H3,(H2,25,29)(H2,26,27,28). The Labute approximate surface area is 179 Å². The smallest absolute Gasteiger partial charge is 0.255 e. The number of rotatable bonds is 11. The number of nitrogens with zero attached hydrogens (tertiary/aromatic N) is 1. The first kappa shape index (κ1) is 23.3. The number of benzene rings is 2. The van der Waals surface area contributed by atoms with Crippen LogP contribution in [-0.2, 0) is 16.6 Å². The Bertz CT molecular complexity index is 800. The summed E-state index contributed by atoms with van der Waals surface area (Å²) in [5, 5.41) is 6.90. The molecule has 6 nitrogen and oxygen atoms in total. The van der Waals surface area contributed by atoms with Crippen molar-refractivity contribution in [1.29, 1.82) is 0 Å². The van der Waals surface area contributed by atoms with Crippen LogP contribution in [-0.4, -0.2) is 38.6 Å². The minimum atomic E-state index is -0.482.